The predicted octanol–water partition coefficient (Wildman–Crippen LogP) is 2.63. The second kappa shape index (κ2) is 5.53. The highest BCUT2D eigenvalue weighted by Gasteiger charge is 2.17. The number of benzene rings is 2. The van der Waals surface area contributed by atoms with Gasteiger partial charge < -0.3 is 5.11 Å². The van der Waals surface area contributed by atoms with E-state index in [1.807, 2.05) is 0 Å². The van der Waals surface area contributed by atoms with E-state index >= 15 is 0 Å². The van der Waals surface area contributed by atoms with Gasteiger partial charge in [-0.05, 0) is 37.3 Å². The standard InChI is InChI=1S/C14H12FNO4S/c1-9-12(15)6-3-7-13(9)16-21(19,20)11-5-2-4-10(8-11)14(17)18/h2-8,16H,1H3,(H,17,18). The number of rotatable bonds is 4. The van der Waals surface area contributed by atoms with Crippen LogP contribution in [-0.4, -0.2) is 19.5 Å². The molecule has 0 saturated heterocycles. The van der Waals surface area contributed by atoms with Crippen LogP contribution in [0.2, 0.25) is 0 Å². The Morgan fingerprint density at radius 2 is 1.86 bits per heavy atom. The third kappa shape index (κ3) is 3.19. The summed E-state index contributed by atoms with van der Waals surface area (Å²) >= 11 is 0. The molecule has 0 saturated carbocycles. The van der Waals surface area contributed by atoms with E-state index in [1.54, 1.807) is 0 Å². The summed E-state index contributed by atoms with van der Waals surface area (Å²) in [6.45, 7) is 1.45. The predicted molar refractivity (Wildman–Crippen MR) is 75.3 cm³/mol. The van der Waals surface area contributed by atoms with Crippen LogP contribution in [0.4, 0.5) is 10.1 Å². The van der Waals surface area contributed by atoms with E-state index < -0.39 is 21.8 Å². The van der Waals surface area contributed by atoms with Crippen molar-refractivity contribution in [1.82, 2.24) is 0 Å². The molecule has 0 unspecified atom stereocenters. The number of nitrogens with one attached hydrogen (secondary N) is 1. The van der Waals surface area contributed by atoms with Crippen molar-refractivity contribution in [1.29, 1.82) is 0 Å². The number of halogens is 1. The van der Waals surface area contributed by atoms with Gasteiger partial charge in [-0.25, -0.2) is 17.6 Å². The number of anilines is 1. The molecule has 2 rings (SSSR count). The fourth-order valence-corrected chi connectivity index (χ4v) is 2.89. The van der Waals surface area contributed by atoms with Crippen molar-refractivity contribution in [2.75, 3.05) is 4.72 Å². The van der Waals surface area contributed by atoms with E-state index in [4.69, 9.17) is 5.11 Å². The lowest BCUT2D eigenvalue weighted by atomic mass is 10.2. The van der Waals surface area contributed by atoms with Crippen molar-refractivity contribution in [3.05, 3.63) is 59.4 Å². The smallest absolute Gasteiger partial charge is 0.335 e. The van der Waals surface area contributed by atoms with E-state index in [0.717, 1.165) is 6.07 Å². The van der Waals surface area contributed by atoms with E-state index in [1.165, 1.54) is 43.3 Å². The summed E-state index contributed by atoms with van der Waals surface area (Å²) < 4.78 is 40.1. The summed E-state index contributed by atoms with van der Waals surface area (Å²) in [6.07, 6.45) is 0. The zero-order valence-corrected chi connectivity index (χ0v) is 11.8. The fourth-order valence-electron chi connectivity index (χ4n) is 1.72. The first-order valence-corrected chi connectivity index (χ1v) is 7.41. The summed E-state index contributed by atoms with van der Waals surface area (Å²) in [4.78, 5) is 10.7. The average Bonchev–Trinajstić information content (AvgIpc) is 2.44. The van der Waals surface area contributed by atoms with Gasteiger partial charge in [0.15, 0.2) is 0 Å². The third-order valence-electron chi connectivity index (χ3n) is 2.90. The van der Waals surface area contributed by atoms with Gasteiger partial charge in [0.25, 0.3) is 10.0 Å². The number of carboxylic acid groups (broad SMARTS) is 1. The molecule has 0 aliphatic carbocycles. The van der Waals surface area contributed by atoms with Crippen LogP contribution in [0.25, 0.3) is 0 Å². The van der Waals surface area contributed by atoms with E-state index in [9.17, 15) is 17.6 Å². The van der Waals surface area contributed by atoms with Gasteiger partial charge in [-0.3, -0.25) is 4.72 Å². The molecule has 2 aromatic carbocycles. The van der Waals surface area contributed by atoms with Gasteiger partial charge in [-0.2, -0.15) is 0 Å². The number of carboxylic acids is 1. The summed E-state index contributed by atoms with van der Waals surface area (Å²) in [6, 6.07) is 8.96. The Bertz CT molecular complexity index is 802. The highest BCUT2D eigenvalue weighted by atomic mass is 32.2. The fraction of sp³-hybridized carbons (Fsp3) is 0.0714. The van der Waals surface area contributed by atoms with Gasteiger partial charge >= 0.3 is 5.97 Å². The minimum Gasteiger partial charge on any atom is -0.478 e. The second-order valence-corrected chi connectivity index (χ2v) is 6.03. The van der Waals surface area contributed by atoms with E-state index in [-0.39, 0.29) is 21.7 Å². The monoisotopic (exact) mass is 309 g/mol. The van der Waals surface area contributed by atoms with Crippen LogP contribution >= 0.6 is 0 Å². The average molecular weight is 309 g/mol. The van der Waals surface area contributed by atoms with Gasteiger partial charge in [-0.15, -0.1) is 0 Å². The Morgan fingerprint density at radius 3 is 2.52 bits per heavy atom. The van der Waals surface area contributed by atoms with Crippen molar-refractivity contribution in [3.8, 4) is 0 Å². The van der Waals surface area contributed by atoms with Gasteiger partial charge in [0, 0.05) is 5.56 Å². The molecule has 0 amide bonds. The van der Waals surface area contributed by atoms with Crippen LogP contribution in [0.1, 0.15) is 15.9 Å². The Labute approximate surface area is 121 Å². The van der Waals surface area contributed by atoms with Crippen LogP contribution in [0, 0.1) is 12.7 Å². The van der Waals surface area contributed by atoms with Crippen molar-refractivity contribution in [2.45, 2.75) is 11.8 Å². The number of carbonyl (C=O) groups is 1. The molecule has 0 aliphatic heterocycles. The molecule has 5 nitrogen and oxygen atoms in total. The van der Waals surface area contributed by atoms with Crippen LogP contribution < -0.4 is 4.72 Å². The second-order valence-electron chi connectivity index (χ2n) is 4.35. The van der Waals surface area contributed by atoms with Crippen LogP contribution in [0.5, 0.6) is 0 Å². The van der Waals surface area contributed by atoms with Crippen molar-refractivity contribution >= 4 is 21.7 Å². The summed E-state index contributed by atoms with van der Waals surface area (Å²) in [7, 11) is -3.99. The molecule has 110 valence electrons. The lowest BCUT2D eigenvalue weighted by Gasteiger charge is -2.11. The minimum absolute atomic E-state index is 0.107. The quantitative estimate of drug-likeness (QED) is 0.909. The SMILES string of the molecule is Cc1c(F)cccc1NS(=O)(=O)c1cccc(C(=O)O)c1. The molecule has 0 aromatic heterocycles. The number of hydrogen-bond acceptors (Lipinski definition) is 3. The molecular formula is C14H12FNO4S. The number of sulfonamides is 1. The zero-order chi connectivity index (χ0) is 15.6. The van der Waals surface area contributed by atoms with Crippen molar-refractivity contribution in [3.63, 3.8) is 0 Å². The number of aromatic carboxylic acids is 1. The molecule has 0 heterocycles. The summed E-state index contributed by atoms with van der Waals surface area (Å²) in [5.41, 5.74) is 0.125. The Balaban J connectivity index is 2.41. The zero-order valence-electron chi connectivity index (χ0n) is 11.0. The maximum atomic E-state index is 13.4. The molecule has 2 N–H and O–H groups in total. The first-order valence-electron chi connectivity index (χ1n) is 5.92. The lowest BCUT2D eigenvalue weighted by Crippen LogP contribution is -2.14. The molecule has 0 radical (unpaired) electrons. The lowest BCUT2D eigenvalue weighted by molar-refractivity contribution is 0.0696. The summed E-state index contributed by atoms with van der Waals surface area (Å²) in [5, 5.41) is 8.88. The van der Waals surface area contributed by atoms with E-state index in [0.29, 0.717) is 0 Å². The molecule has 7 heteroatoms. The number of hydrogen-bond donors (Lipinski definition) is 2. The first-order chi connectivity index (χ1) is 9.81. The molecule has 0 fully saturated rings. The van der Waals surface area contributed by atoms with Crippen LogP contribution in [0.15, 0.2) is 47.4 Å². The van der Waals surface area contributed by atoms with Gasteiger partial charge in [-0.1, -0.05) is 12.1 Å². The molecule has 2 aromatic rings. The molecule has 0 aliphatic rings. The largest absolute Gasteiger partial charge is 0.478 e. The maximum absolute atomic E-state index is 13.4. The maximum Gasteiger partial charge on any atom is 0.335 e. The first kappa shape index (κ1) is 15.0. The van der Waals surface area contributed by atoms with Crippen molar-refractivity contribution in [2.24, 2.45) is 0 Å². The topological polar surface area (TPSA) is 83.5 Å². The van der Waals surface area contributed by atoms with Gasteiger partial charge in [0.05, 0.1) is 16.1 Å². The van der Waals surface area contributed by atoms with Gasteiger partial charge in [0.1, 0.15) is 5.82 Å². The minimum atomic E-state index is -3.99. The van der Waals surface area contributed by atoms with Crippen molar-refractivity contribution < 1.29 is 22.7 Å². The highest BCUT2D eigenvalue weighted by molar-refractivity contribution is 7.92. The third-order valence-corrected chi connectivity index (χ3v) is 4.27. The Hall–Kier alpha value is -2.41. The summed E-state index contributed by atoms with van der Waals surface area (Å²) in [5.74, 6) is -1.76. The van der Waals surface area contributed by atoms with E-state index in [2.05, 4.69) is 4.72 Å². The molecule has 21 heavy (non-hydrogen) atoms. The Morgan fingerprint density at radius 1 is 1.19 bits per heavy atom. The van der Waals surface area contributed by atoms with Gasteiger partial charge in [0.2, 0.25) is 0 Å². The highest BCUT2D eigenvalue weighted by Crippen LogP contribution is 2.22. The normalized spacial score (nSPS) is 11.1. The Kier molecular flexibility index (Phi) is 3.95. The molecule has 0 spiro atoms. The molecular weight excluding hydrogens is 297 g/mol. The van der Waals surface area contributed by atoms with Crippen LogP contribution in [-0.2, 0) is 10.0 Å². The van der Waals surface area contributed by atoms with Crippen LogP contribution in [0.3, 0.4) is 0 Å². The molecule has 0 bridgehead atoms. The molecule has 0 atom stereocenters.